The molecule has 1 saturated carbocycles. The van der Waals surface area contributed by atoms with Crippen LogP contribution >= 0.6 is 0 Å². The van der Waals surface area contributed by atoms with Gasteiger partial charge < -0.3 is 11.1 Å². The summed E-state index contributed by atoms with van der Waals surface area (Å²) < 4.78 is 37.3. The molecule has 1 aromatic rings. The van der Waals surface area contributed by atoms with Crippen molar-refractivity contribution in [2.24, 2.45) is 5.73 Å². The molecule has 20 heavy (non-hydrogen) atoms. The first-order valence-electron chi connectivity index (χ1n) is 6.48. The van der Waals surface area contributed by atoms with E-state index in [-0.39, 0.29) is 11.6 Å². The predicted octanol–water partition coefficient (Wildman–Crippen LogP) is 2.05. The number of aromatic nitrogens is 2. The van der Waals surface area contributed by atoms with Crippen LogP contribution in [0.4, 0.5) is 18.9 Å². The van der Waals surface area contributed by atoms with Crippen molar-refractivity contribution >= 4 is 11.6 Å². The molecule has 2 rings (SSSR count). The summed E-state index contributed by atoms with van der Waals surface area (Å²) in [6.45, 7) is -1.18. The number of nitrogens with one attached hydrogen (secondary N) is 1. The van der Waals surface area contributed by atoms with Crippen LogP contribution in [0.5, 0.6) is 0 Å². The number of amides is 1. The molecule has 0 unspecified atom stereocenters. The van der Waals surface area contributed by atoms with Gasteiger partial charge in [-0.05, 0) is 12.8 Å². The minimum absolute atomic E-state index is 0.231. The lowest BCUT2D eigenvalue weighted by Crippen LogP contribution is -2.52. The zero-order chi connectivity index (χ0) is 14.8. The van der Waals surface area contributed by atoms with Crippen LogP contribution in [0.25, 0.3) is 0 Å². The maximum Gasteiger partial charge on any atom is 0.408 e. The van der Waals surface area contributed by atoms with E-state index in [4.69, 9.17) is 5.73 Å². The molecule has 8 heteroatoms. The molecule has 0 radical (unpaired) electrons. The summed E-state index contributed by atoms with van der Waals surface area (Å²) in [4.78, 5) is 12.1. The molecule has 0 spiro atoms. The molecule has 0 aliphatic heterocycles. The number of rotatable bonds is 3. The minimum Gasteiger partial charge on any atom is -0.322 e. The van der Waals surface area contributed by atoms with Crippen molar-refractivity contribution in [3.8, 4) is 0 Å². The SMILES string of the molecule is NC1(C(=O)Nc2cnn(CC(F)(F)F)c2)CCCCC1. The summed E-state index contributed by atoms with van der Waals surface area (Å²) in [6.07, 6.45) is 2.01. The van der Waals surface area contributed by atoms with E-state index in [0.717, 1.165) is 30.1 Å². The van der Waals surface area contributed by atoms with Crippen LogP contribution in [0.3, 0.4) is 0 Å². The van der Waals surface area contributed by atoms with Crippen LogP contribution in [0.1, 0.15) is 32.1 Å². The molecular weight excluding hydrogens is 273 g/mol. The van der Waals surface area contributed by atoms with Gasteiger partial charge in [-0.3, -0.25) is 9.48 Å². The molecule has 1 fully saturated rings. The van der Waals surface area contributed by atoms with Crippen molar-refractivity contribution in [3.05, 3.63) is 12.4 Å². The molecule has 0 saturated heterocycles. The molecule has 5 nitrogen and oxygen atoms in total. The third kappa shape index (κ3) is 3.72. The topological polar surface area (TPSA) is 72.9 Å². The predicted molar refractivity (Wildman–Crippen MR) is 66.9 cm³/mol. The Morgan fingerprint density at radius 3 is 2.65 bits per heavy atom. The summed E-state index contributed by atoms with van der Waals surface area (Å²) >= 11 is 0. The Hall–Kier alpha value is -1.57. The van der Waals surface area contributed by atoms with Gasteiger partial charge in [-0.2, -0.15) is 18.3 Å². The van der Waals surface area contributed by atoms with E-state index >= 15 is 0 Å². The molecule has 1 aromatic heterocycles. The average Bonchev–Trinajstić information content (AvgIpc) is 2.75. The van der Waals surface area contributed by atoms with Gasteiger partial charge in [0, 0.05) is 6.20 Å². The highest BCUT2D eigenvalue weighted by molar-refractivity contribution is 5.97. The van der Waals surface area contributed by atoms with Gasteiger partial charge in [-0.15, -0.1) is 0 Å². The Kier molecular flexibility index (Phi) is 4.03. The zero-order valence-electron chi connectivity index (χ0n) is 10.9. The highest BCUT2D eigenvalue weighted by Crippen LogP contribution is 2.27. The van der Waals surface area contributed by atoms with Gasteiger partial charge in [0.05, 0.1) is 17.4 Å². The average molecular weight is 290 g/mol. The van der Waals surface area contributed by atoms with Gasteiger partial charge in [0.1, 0.15) is 6.54 Å². The molecular formula is C12H17F3N4O. The molecule has 1 aliphatic carbocycles. The zero-order valence-corrected chi connectivity index (χ0v) is 10.9. The fourth-order valence-electron chi connectivity index (χ4n) is 2.36. The fourth-order valence-corrected chi connectivity index (χ4v) is 2.36. The standard InChI is InChI=1S/C12H17F3N4O/c13-12(14,15)8-19-7-9(6-17-19)18-10(20)11(16)4-2-1-3-5-11/h6-7H,1-5,8,16H2,(H,18,20). The van der Waals surface area contributed by atoms with Gasteiger partial charge in [0.2, 0.25) is 5.91 Å². The van der Waals surface area contributed by atoms with Crippen LogP contribution in [0.2, 0.25) is 0 Å². The van der Waals surface area contributed by atoms with E-state index in [1.165, 1.54) is 6.20 Å². The van der Waals surface area contributed by atoms with Crippen LogP contribution < -0.4 is 11.1 Å². The van der Waals surface area contributed by atoms with Gasteiger partial charge in [-0.1, -0.05) is 19.3 Å². The second kappa shape index (κ2) is 5.43. The van der Waals surface area contributed by atoms with E-state index < -0.39 is 18.3 Å². The van der Waals surface area contributed by atoms with Crippen LogP contribution in [-0.2, 0) is 11.3 Å². The van der Waals surface area contributed by atoms with Gasteiger partial charge in [0.15, 0.2) is 0 Å². The minimum atomic E-state index is -4.34. The molecule has 0 atom stereocenters. The first-order valence-corrected chi connectivity index (χ1v) is 6.48. The second-order valence-electron chi connectivity index (χ2n) is 5.21. The van der Waals surface area contributed by atoms with Crippen molar-refractivity contribution in [2.45, 2.75) is 50.4 Å². The smallest absolute Gasteiger partial charge is 0.322 e. The summed E-state index contributed by atoms with van der Waals surface area (Å²) in [7, 11) is 0. The Balaban J connectivity index is 1.98. The molecule has 112 valence electrons. The lowest BCUT2D eigenvalue weighted by atomic mass is 9.82. The van der Waals surface area contributed by atoms with E-state index in [1.54, 1.807) is 0 Å². The maximum atomic E-state index is 12.2. The summed E-state index contributed by atoms with van der Waals surface area (Å²) in [6, 6.07) is 0. The first kappa shape index (κ1) is 14.8. The number of nitrogens with zero attached hydrogens (tertiary/aromatic N) is 2. The quantitative estimate of drug-likeness (QED) is 0.894. The highest BCUT2D eigenvalue weighted by Gasteiger charge is 2.35. The van der Waals surface area contributed by atoms with Crippen molar-refractivity contribution in [1.29, 1.82) is 0 Å². The Morgan fingerprint density at radius 1 is 1.40 bits per heavy atom. The number of alkyl halides is 3. The summed E-state index contributed by atoms with van der Waals surface area (Å²) in [5.41, 5.74) is 5.34. The van der Waals surface area contributed by atoms with E-state index in [2.05, 4.69) is 10.4 Å². The van der Waals surface area contributed by atoms with Crippen LogP contribution in [-0.4, -0.2) is 27.4 Å². The largest absolute Gasteiger partial charge is 0.408 e. The number of hydrogen-bond acceptors (Lipinski definition) is 3. The summed E-state index contributed by atoms with van der Waals surface area (Å²) in [5, 5.41) is 6.11. The van der Waals surface area contributed by atoms with Crippen molar-refractivity contribution in [2.75, 3.05) is 5.32 Å². The number of anilines is 1. The molecule has 3 N–H and O–H groups in total. The van der Waals surface area contributed by atoms with Crippen LogP contribution in [0.15, 0.2) is 12.4 Å². The van der Waals surface area contributed by atoms with Gasteiger partial charge in [-0.25, -0.2) is 0 Å². The number of halogens is 3. The van der Waals surface area contributed by atoms with Crippen molar-refractivity contribution in [1.82, 2.24) is 9.78 Å². The molecule has 0 bridgehead atoms. The lowest BCUT2D eigenvalue weighted by Gasteiger charge is -2.31. The van der Waals surface area contributed by atoms with Crippen molar-refractivity contribution in [3.63, 3.8) is 0 Å². The normalized spacial score (nSPS) is 18.8. The fraction of sp³-hybridized carbons (Fsp3) is 0.667. The summed E-state index contributed by atoms with van der Waals surface area (Å²) in [5.74, 6) is -0.358. The van der Waals surface area contributed by atoms with Gasteiger partial charge in [0.25, 0.3) is 0 Å². The second-order valence-corrected chi connectivity index (χ2v) is 5.21. The molecule has 0 aromatic carbocycles. The monoisotopic (exact) mass is 290 g/mol. The number of nitrogens with two attached hydrogens (primary N) is 1. The van der Waals surface area contributed by atoms with E-state index in [0.29, 0.717) is 12.8 Å². The van der Waals surface area contributed by atoms with E-state index in [1.807, 2.05) is 0 Å². The Bertz CT molecular complexity index is 477. The highest BCUT2D eigenvalue weighted by atomic mass is 19.4. The van der Waals surface area contributed by atoms with Crippen molar-refractivity contribution < 1.29 is 18.0 Å². The number of hydrogen-bond donors (Lipinski definition) is 2. The van der Waals surface area contributed by atoms with Gasteiger partial charge >= 0.3 is 6.18 Å². The molecule has 1 aliphatic rings. The third-order valence-corrected chi connectivity index (χ3v) is 3.43. The molecule has 1 amide bonds. The molecule has 1 heterocycles. The lowest BCUT2D eigenvalue weighted by molar-refractivity contribution is -0.142. The van der Waals surface area contributed by atoms with E-state index in [9.17, 15) is 18.0 Å². The Labute approximate surface area is 114 Å². The third-order valence-electron chi connectivity index (χ3n) is 3.43. The Morgan fingerprint density at radius 2 is 2.05 bits per heavy atom. The first-order chi connectivity index (χ1) is 9.28. The number of carbonyl (C=O) groups is 1. The number of carbonyl (C=O) groups excluding carboxylic acids is 1. The van der Waals surface area contributed by atoms with Crippen LogP contribution in [0, 0.1) is 0 Å². The maximum absolute atomic E-state index is 12.2.